The molecule has 1 aromatic heterocycles. The first kappa shape index (κ1) is 15.2. The van der Waals surface area contributed by atoms with Gasteiger partial charge in [0, 0.05) is 17.0 Å². The summed E-state index contributed by atoms with van der Waals surface area (Å²) in [5, 5.41) is 7.11. The Bertz CT molecular complexity index is 1120. The molecule has 6 nitrogen and oxygen atoms in total. The standard InChI is InChI=1S/C16H12ClN3O3S/c17-11-5-4-10-6-7-20(14(10)8-11)24(22,23)15-3-1-2-12-13(15)9-18-19-16(12)21/h1-5,8-9H,6-7H2,(H,19,21). The third-order valence-electron chi connectivity index (χ3n) is 4.14. The molecule has 0 bridgehead atoms. The van der Waals surface area contributed by atoms with E-state index in [1.165, 1.54) is 16.6 Å². The van der Waals surface area contributed by atoms with Gasteiger partial charge in [-0.05, 0) is 36.2 Å². The second-order valence-corrected chi connectivity index (χ2v) is 7.78. The van der Waals surface area contributed by atoms with Gasteiger partial charge in [0.25, 0.3) is 15.6 Å². The van der Waals surface area contributed by atoms with E-state index < -0.39 is 15.6 Å². The Morgan fingerprint density at radius 1 is 1.17 bits per heavy atom. The summed E-state index contributed by atoms with van der Waals surface area (Å²) in [4.78, 5) is 11.9. The van der Waals surface area contributed by atoms with Crippen molar-refractivity contribution in [1.82, 2.24) is 10.2 Å². The summed E-state index contributed by atoms with van der Waals surface area (Å²) in [7, 11) is -3.83. The van der Waals surface area contributed by atoms with E-state index in [-0.39, 0.29) is 10.3 Å². The second-order valence-electron chi connectivity index (χ2n) is 5.52. The Kier molecular flexibility index (Phi) is 3.36. The molecular formula is C16H12ClN3O3S. The van der Waals surface area contributed by atoms with Crippen LogP contribution in [0, 0.1) is 0 Å². The van der Waals surface area contributed by atoms with Crippen molar-refractivity contribution in [2.24, 2.45) is 0 Å². The van der Waals surface area contributed by atoms with Crippen LogP contribution >= 0.6 is 11.6 Å². The van der Waals surface area contributed by atoms with Crippen LogP contribution in [0.1, 0.15) is 5.56 Å². The highest BCUT2D eigenvalue weighted by molar-refractivity contribution is 7.93. The monoisotopic (exact) mass is 361 g/mol. The van der Waals surface area contributed by atoms with Gasteiger partial charge < -0.3 is 0 Å². The SMILES string of the molecule is O=c1[nH]ncc2c(S(=O)(=O)N3CCc4ccc(Cl)cc43)cccc12. The Labute approximate surface area is 142 Å². The van der Waals surface area contributed by atoms with E-state index in [2.05, 4.69) is 10.2 Å². The molecule has 0 saturated heterocycles. The number of fused-ring (bicyclic) bond motifs is 2. The number of benzene rings is 2. The molecule has 0 spiro atoms. The largest absolute Gasteiger partial charge is 0.272 e. The minimum Gasteiger partial charge on any atom is -0.267 e. The van der Waals surface area contributed by atoms with Crippen molar-refractivity contribution in [2.75, 3.05) is 10.8 Å². The van der Waals surface area contributed by atoms with E-state index in [0.717, 1.165) is 5.56 Å². The van der Waals surface area contributed by atoms with Gasteiger partial charge in [-0.3, -0.25) is 9.10 Å². The zero-order valence-corrected chi connectivity index (χ0v) is 13.9. The zero-order chi connectivity index (χ0) is 16.9. The third-order valence-corrected chi connectivity index (χ3v) is 6.25. The molecule has 2 aromatic carbocycles. The quantitative estimate of drug-likeness (QED) is 0.759. The molecule has 0 saturated carbocycles. The predicted octanol–water partition coefficient (Wildman–Crippen LogP) is 2.33. The molecule has 4 rings (SSSR count). The van der Waals surface area contributed by atoms with Crippen molar-refractivity contribution in [3.8, 4) is 0 Å². The highest BCUT2D eigenvalue weighted by Crippen LogP contribution is 2.36. The molecule has 122 valence electrons. The molecule has 24 heavy (non-hydrogen) atoms. The Morgan fingerprint density at radius 3 is 2.83 bits per heavy atom. The first-order chi connectivity index (χ1) is 11.5. The molecule has 0 atom stereocenters. The van der Waals surface area contributed by atoms with Gasteiger partial charge >= 0.3 is 0 Å². The number of anilines is 1. The van der Waals surface area contributed by atoms with E-state index in [0.29, 0.717) is 29.1 Å². The van der Waals surface area contributed by atoms with E-state index in [9.17, 15) is 13.2 Å². The number of hydrogen-bond acceptors (Lipinski definition) is 4. The molecule has 1 N–H and O–H groups in total. The molecule has 8 heteroatoms. The number of aromatic nitrogens is 2. The van der Waals surface area contributed by atoms with Gasteiger partial charge in [0.2, 0.25) is 0 Å². The van der Waals surface area contributed by atoms with E-state index in [1.54, 1.807) is 24.3 Å². The van der Waals surface area contributed by atoms with Crippen molar-refractivity contribution in [1.29, 1.82) is 0 Å². The van der Waals surface area contributed by atoms with Crippen molar-refractivity contribution in [3.05, 3.63) is 63.5 Å². The molecule has 0 aliphatic carbocycles. The van der Waals surface area contributed by atoms with E-state index >= 15 is 0 Å². The Balaban J connectivity index is 1.94. The van der Waals surface area contributed by atoms with Gasteiger partial charge in [0.1, 0.15) is 0 Å². The molecule has 0 unspecified atom stereocenters. The van der Waals surface area contributed by atoms with Crippen molar-refractivity contribution in [2.45, 2.75) is 11.3 Å². The maximum Gasteiger partial charge on any atom is 0.272 e. The van der Waals surface area contributed by atoms with Crippen molar-refractivity contribution >= 4 is 38.1 Å². The minimum atomic E-state index is -3.83. The second kappa shape index (κ2) is 5.32. The van der Waals surface area contributed by atoms with Crippen molar-refractivity contribution in [3.63, 3.8) is 0 Å². The molecule has 1 aliphatic rings. The lowest BCUT2D eigenvalue weighted by atomic mass is 10.2. The van der Waals surface area contributed by atoms with Gasteiger partial charge in [-0.2, -0.15) is 5.10 Å². The van der Waals surface area contributed by atoms with Crippen LogP contribution in [0.25, 0.3) is 10.8 Å². The average molecular weight is 362 g/mol. The summed E-state index contributed by atoms with van der Waals surface area (Å²) >= 11 is 6.02. The Hall–Kier alpha value is -2.38. The fourth-order valence-electron chi connectivity index (χ4n) is 3.01. The van der Waals surface area contributed by atoms with Gasteiger partial charge in [0.15, 0.2) is 0 Å². The van der Waals surface area contributed by atoms with Crippen LogP contribution in [-0.4, -0.2) is 25.2 Å². The number of H-pyrrole nitrogens is 1. The van der Waals surface area contributed by atoms with Crippen LogP contribution in [0.4, 0.5) is 5.69 Å². The highest BCUT2D eigenvalue weighted by atomic mass is 35.5. The predicted molar refractivity (Wildman–Crippen MR) is 92.1 cm³/mol. The first-order valence-corrected chi connectivity index (χ1v) is 9.08. The molecular weight excluding hydrogens is 350 g/mol. The van der Waals surface area contributed by atoms with Crippen LogP contribution in [-0.2, 0) is 16.4 Å². The molecule has 1 aliphatic heterocycles. The number of hydrogen-bond donors (Lipinski definition) is 1. The maximum absolute atomic E-state index is 13.2. The third kappa shape index (κ3) is 2.20. The van der Waals surface area contributed by atoms with Crippen molar-refractivity contribution < 1.29 is 8.42 Å². The number of rotatable bonds is 2. The number of aromatic amines is 1. The van der Waals surface area contributed by atoms with Crippen LogP contribution in [0.2, 0.25) is 5.02 Å². The number of sulfonamides is 1. The van der Waals surface area contributed by atoms with E-state index in [1.807, 2.05) is 6.07 Å². The van der Waals surface area contributed by atoms with Gasteiger partial charge in [-0.25, -0.2) is 13.5 Å². The topological polar surface area (TPSA) is 83.1 Å². The summed E-state index contributed by atoms with van der Waals surface area (Å²) in [6, 6.07) is 9.85. The normalized spacial score (nSPS) is 14.1. The summed E-state index contributed by atoms with van der Waals surface area (Å²) in [5.41, 5.74) is 1.09. The summed E-state index contributed by atoms with van der Waals surface area (Å²) in [6.07, 6.45) is 1.98. The summed E-state index contributed by atoms with van der Waals surface area (Å²) in [5.74, 6) is 0. The summed E-state index contributed by atoms with van der Waals surface area (Å²) < 4.78 is 27.7. The Morgan fingerprint density at radius 2 is 2.00 bits per heavy atom. The lowest BCUT2D eigenvalue weighted by Crippen LogP contribution is -2.29. The molecule has 0 radical (unpaired) electrons. The van der Waals surface area contributed by atoms with Gasteiger partial charge in [0.05, 0.1) is 22.2 Å². The molecule has 0 amide bonds. The first-order valence-electron chi connectivity index (χ1n) is 7.26. The van der Waals surface area contributed by atoms with Crippen LogP contribution in [0.5, 0.6) is 0 Å². The minimum absolute atomic E-state index is 0.0615. The average Bonchev–Trinajstić information content (AvgIpc) is 2.98. The highest BCUT2D eigenvalue weighted by Gasteiger charge is 2.32. The zero-order valence-electron chi connectivity index (χ0n) is 12.4. The van der Waals surface area contributed by atoms with Crippen LogP contribution < -0.4 is 9.86 Å². The lowest BCUT2D eigenvalue weighted by molar-refractivity contribution is 0.593. The molecule has 3 aromatic rings. The molecule has 2 heterocycles. The van der Waals surface area contributed by atoms with Crippen LogP contribution in [0.15, 0.2) is 52.3 Å². The van der Waals surface area contributed by atoms with Gasteiger partial charge in [-0.1, -0.05) is 23.7 Å². The number of halogens is 1. The number of nitrogens with one attached hydrogen (secondary N) is 1. The lowest BCUT2D eigenvalue weighted by Gasteiger charge is -2.20. The molecule has 0 fully saturated rings. The maximum atomic E-state index is 13.2. The smallest absolute Gasteiger partial charge is 0.267 e. The van der Waals surface area contributed by atoms with E-state index in [4.69, 9.17) is 11.6 Å². The fourth-order valence-corrected chi connectivity index (χ4v) is 4.86. The van der Waals surface area contributed by atoms with Crippen LogP contribution in [0.3, 0.4) is 0 Å². The summed E-state index contributed by atoms with van der Waals surface area (Å²) in [6.45, 7) is 0.338. The number of nitrogens with zero attached hydrogens (tertiary/aromatic N) is 2. The van der Waals surface area contributed by atoms with Gasteiger partial charge in [-0.15, -0.1) is 0 Å². The fraction of sp³-hybridized carbons (Fsp3) is 0.125.